The van der Waals surface area contributed by atoms with Gasteiger partial charge in [-0.2, -0.15) is 0 Å². The molecule has 2 saturated heterocycles. The summed E-state index contributed by atoms with van der Waals surface area (Å²) in [4.78, 5) is 0. The van der Waals surface area contributed by atoms with Gasteiger partial charge in [0, 0.05) is 5.02 Å². The number of aryl methyl sites for hydroxylation is 1. The van der Waals surface area contributed by atoms with Crippen molar-refractivity contribution in [1.29, 1.82) is 0 Å². The molecular formula is C18H25ClO5. The SMILES string of the molecule is Cc1ccc(CO[C@@H]2[C@H]3OC(C)(C)O[C@H]3O[C@@H]2[C@@H](C)O)c(Cl)c1C. The molecule has 2 aliphatic heterocycles. The van der Waals surface area contributed by atoms with E-state index in [1.165, 1.54) is 0 Å². The molecule has 6 heteroatoms. The second kappa shape index (κ2) is 6.56. The van der Waals surface area contributed by atoms with Crippen LogP contribution in [-0.4, -0.2) is 41.6 Å². The minimum Gasteiger partial charge on any atom is -0.391 e. The van der Waals surface area contributed by atoms with Crippen LogP contribution in [0, 0.1) is 13.8 Å². The quantitative estimate of drug-likeness (QED) is 0.898. The number of hydrogen-bond acceptors (Lipinski definition) is 5. The maximum absolute atomic E-state index is 10.00. The van der Waals surface area contributed by atoms with Crippen LogP contribution in [-0.2, 0) is 25.6 Å². The van der Waals surface area contributed by atoms with Gasteiger partial charge in [0.05, 0.1) is 12.7 Å². The Bertz CT molecular complexity index is 616. The average Bonchev–Trinajstić information content (AvgIpc) is 2.96. The first-order valence-corrected chi connectivity index (χ1v) is 8.63. The van der Waals surface area contributed by atoms with Crippen molar-refractivity contribution in [1.82, 2.24) is 0 Å². The van der Waals surface area contributed by atoms with Crippen molar-refractivity contribution in [3.63, 3.8) is 0 Å². The van der Waals surface area contributed by atoms with E-state index in [2.05, 4.69) is 0 Å². The van der Waals surface area contributed by atoms with E-state index in [9.17, 15) is 5.11 Å². The Kier molecular flexibility index (Phi) is 4.95. The standard InChI is InChI=1S/C18H25ClO5/c1-9-6-7-12(13(19)10(9)2)8-21-15-14(11(3)20)22-17-16(15)23-18(4,5)24-17/h6-7,11,14-17,20H,8H2,1-5H3/t11-,14-,15+,16-,17-/m1/s1. The van der Waals surface area contributed by atoms with Gasteiger partial charge in [-0.05, 0) is 51.3 Å². The number of ether oxygens (including phenoxy) is 4. The van der Waals surface area contributed by atoms with E-state index >= 15 is 0 Å². The number of aliphatic hydroxyl groups excluding tert-OH is 1. The lowest BCUT2D eigenvalue weighted by Gasteiger charge is -2.27. The molecule has 0 aliphatic carbocycles. The Morgan fingerprint density at radius 2 is 2.00 bits per heavy atom. The summed E-state index contributed by atoms with van der Waals surface area (Å²) in [5.74, 6) is -0.724. The fraction of sp³-hybridized carbons (Fsp3) is 0.667. The normalized spacial score (nSPS) is 32.8. The molecule has 1 aromatic carbocycles. The van der Waals surface area contributed by atoms with Gasteiger partial charge in [-0.3, -0.25) is 0 Å². The summed E-state index contributed by atoms with van der Waals surface area (Å²) in [5, 5.41) is 10.7. The van der Waals surface area contributed by atoms with Crippen molar-refractivity contribution in [2.24, 2.45) is 0 Å². The topological polar surface area (TPSA) is 57.2 Å². The van der Waals surface area contributed by atoms with Crippen LogP contribution in [0.2, 0.25) is 5.02 Å². The second-order valence-corrected chi connectivity index (χ2v) is 7.44. The first-order valence-electron chi connectivity index (χ1n) is 8.25. The third kappa shape index (κ3) is 3.34. The van der Waals surface area contributed by atoms with E-state index in [0.717, 1.165) is 16.7 Å². The molecule has 1 N–H and O–H groups in total. The lowest BCUT2D eigenvalue weighted by molar-refractivity contribution is -0.229. The van der Waals surface area contributed by atoms with Gasteiger partial charge in [-0.15, -0.1) is 0 Å². The zero-order valence-corrected chi connectivity index (χ0v) is 15.5. The van der Waals surface area contributed by atoms with Crippen molar-refractivity contribution in [3.05, 3.63) is 33.8 Å². The minimum absolute atomic E-state index is 0.324. The number of benzene rings is 1. The first-order chi connectivity index (χ1) is 11.2. The zero-order chi connectivity index (χ0) is 17.6. The highest BCUT2D eigenvalue weighted by Gasteiger charge is 2.56. The van der Waals surface area contributed by atoms with Crippen molar-refractivity contribution < 1.29 is 24.1 Å². The number of fused-ring (bicyclic) bond motifs is 1. The summed E-state index contributed by atoms with van der Waals surface area (Å²) in [6.45, 7) is 9.69. The Balaban J connectivity index is 1.75. The fourth-order valence-electron chi connectivity index (χ4n) is 3.22. The van der Waals surface area contributed by atoms with Gasteiger partial charge in [-0.1, -0.05) is 23.7 Å². The van der Waals surface area contributed by atoms with Gasteiger partial charge in [0.2, 0.25) is 0 Å². The van der Waals surface area contributed by atoms with Gasteiger partial charge < -0.3 is 24.1 Å². The van der Waals surface area contributed by atoms with E-state index in [1.54, 1.807) is 6.92 Å². The number of halogens is 1. The molecule has 2 fully saturated rings. The molecule has 24 heavy (non-hydrogen) atoms. The largest absolute Gasteiger partial charge is 0.391 e. The molecule has 5 atom stereocenters. The summed E-state index contributed by atoms with van der Waals surface area (Å²) in [6.07, 6.45) is -2.51. The van der Waals surface area contributed by atoms with Gasteiger partial charge in [0.25, 0.3) is 0 Å². The average molecular weight is 357 g/mol. The van der Waals surface area contributed by atoms with E-state index in [0.29, 0.717) is 11.6 Å². The van der Waals surface area contributed by atoms with E-state index in [1.807, 2.05) is 39.8 Å². The zero-order valence-electron chi connectivity index (χ0n) is 14.7. The third-order valence-corrected chi connectivity index (χ3v) is 5.20. The first kappa shape index (κ1) is 18.1. The predicted molar refractivity (Wildman–Crippen MR) is 89.9 cm³/mol. The van der Waals surface area contributed by atoms with Crippen LogP contribution in [0.1, 0.15) is 37.5 Å². The fourth-order valence-corrected chi connectivity index (χ4v) is 3.48. The Labute approximate surface area is 147 Å². The van der Waals surface area contributed by atoms with Gasteiger partial charge >= 0.3 is 0 Å². The van der Waals surface area contributed by atoms with E-state index in [-0.39, 0.29) is 6.10 Å². The van der Waals surface area contributed by atoms with Crippen LogP contribution in [0.25, 0.3) is 0 Å². The highest BCUT2D eigenvalue weighted by molar-refractivity contribution is 6.32. The lowest BCUT2D eigenvalue weighted by Crippen LogP contribution is -2.41. The minimum atomic E-state index is -0.724. The van der Waals surface area contributed by atoms with E-state index in [4.69, 9.17) is 30.5 Å². The molecule has 5 nitrogen and oxygen atoms in total. The molecule has 134 valence electrons. The van der Waals surface area contributed by atoms with Gasteiger partial charge in [0.15, 0.2) is 12.1 Å². The maximum Gasteiger partial charge on any atom is 0.190 e. The molecule has 0 unspecified atom stereocenters. The predicted octanol–water partition coefficient (Wildman–Crippen LogP) is 3.10. The van der Waals surface area contributed by atoms with Gasteiger partial charge in [-0.25, -0.2) is 0 Å². The summed E-state index contributed by atoms with van der Waals surface area (Å²) in [7, 11) is 0. The lowest BCUT2D eigenvalue weighted by atomic mass is 10.1. The molecule has 0 amide bonds. The molecule has 0 radical (unpaired) electrons. The monoisotopic (exact) mass is 356 g/mol. The van der Waals surface area contributed by atoms with Crippen molar-refractivity contribution in [2.75, 3.05) is 0 Å². The summed E-state index contributed by atoms with van der Waals surface area (Å²) >= 11 is 6.42. The van der Waals surface area contributed by atoms with Crippen molar-refractivity contribution in [2.45, 2.75) is 77.7 Å². The maximum atomic E-state index is 10.00. The smallest absolute Gasteiger partial charge is 0.190 e. The number of aliphatic hydroxyl groups is 1. The Morgan fingerprint density at radius 3 is 2.67 bits per heavy atom. The third-order valence-electron chi connectivity index (χ3n) is 4.67. The van der Waals surface area contributed by atoms with E-state index < -0.39 is 30.4 Å². The van der Waals surface area contributed by atoms with Crippen molar-refractivity contribution >= 4 is 11.6 Å². The van der Waals surface area contributed by atoms with Gasteiger partial charge in [0.1, 0.15) is 18.3 Å². The molecule has 2 heterocycles. The molecule has 0 bridgehead atoms. The van der Waals surface area contributed by atoms with Crippen LogP contribution < -0.4 is 0 Å². The van der Waals surface area contributed by atoms with Crippen LogP contribution in [0.4, 0.5) is 0 Å². The highest BCUT2D eigenvalue weighted by atomic mass is 35.5. The number of rotatable bonds is 4. The molecule has 0 saturated carbocycles. The molecule has 0 spiro atoms. The molecule has 3 rings (SSSR count). The van der Waals surface area contributed by atoms with Crippen molar-refractivity contribution in [3.8, 4) is 0 Å². The Morgan fingerprint density at radius 1 is 1.29 bits per heavy atom. The summed E-state index contributed by atoms with van der Waals surface area (Å²) in [5.41, 5.74) is 3.10. The molecule has 0 aromatic heterocycles. The van der Waals surface area contributed by atoms with Crippen LogP contribution in [0.5, 0.6) is 0 Å². The highest BCUT2D eigenvalue weighted by Crippen LogP contribution is 2.40. The molecule has 1 aromatic rings. The summed E-state index contributed by atoms with van der Waals surface area (Å²) < 4.78 is 23.5. The van der Waals surface area contributed by atoms with Crippen LogP contribution in [0.3, 0.4) is 0 Å². The second-order valence-electron chi connectivity index (χ2n) is 7.07. The number of hydrogen-bond donors (Lipinski definition) is 1. The summed E-state index contributed by atoms with van der Waals surface area (Å²) in [6, 6.07) is 3.99. The Hall–Kier alpha value is -0.690. The van der Waals surface area contributed by atoms with Crippen LogP contribution in [0.15, 0.2) is 12.1 Å². The molecule has 2 aliphatic rings. The molecular weight excluding hydrogens is 332 g/mol. The van der Waals surface area contributed by atoms with Crippen LogP contribution >= 0.6 is 11.6 Å².